The zero-order chi connectivity index (χ0) is 18.6. The SMILES string of the molecule is O=C(NC[C@@H](c1ccc2c(c1)OCO2)N1CCOCC1)c1cccc(F)c1. The largest absolute Gasteiger partial charge is 0.454 e. The molecule has 27 heavy (non-hydrogen) atoms. The van der Waals surface area contributed by atoms with Gasteiger partial charge in [0, 0.05) is 25.2 Å². The normalized spacial score (nSPS) is 17.5. The molecule has 0 spiro atoms. The molecule has 2 aromatic rings. The Kier molecular flexibility index (Phi) is 5.22. The monoisotopic (exact) mass is 372 g/mol. The summed E-state index contributed by atoms with van der Waals surface area (Å²) in [6.45, 7) is 3.47. The third-order valence-electron chi connectivity index (χ3n) is 4.81. The van der Waals surface area contributed by atoms with Crippen molar-refractivity contribution in [2.24, 2.45) is 0 Å². The Morgan fingerprint density at radius 3 is 2.74 bits per heavy atom. The first-order valence-corrected chi connectivity index (χ1v) is 8.96. The summed E-state index contributed by atoms with van der Waals surface area (Å²) in [6.07, 6.45) is 0. The number of morpholine rings is 1. The highest BCUT2D eigenvalue weighted by Crippen LogP contribution is 2.35. The number of carbonyl (C=O) groups is 1. The van der Waals surface area contributed by atoms with Crippen molar-refractivity contribution < 1.29 is 23.4 Å². The number of nitrogens with one attached hydrogen (secondary N) is 1. The van der Waals surface area contributed by atoms with E-state index in [-0.39, 0.29) is 18.7 Å². The van der Waals surface area contributed by atoms with Crippen molar-refractivity contribution in [1.29, 1.82) is 0 Å². The zero-order valence-corrected chi connectivity index (χ0v) is 14.8. The van der Waals surface area contributed by atoms with Crippen LogP contribution in [-0.4, -0.2) is 50.4 Å². The van der Waals surface area contributed by atoms with E-state index >= 15 is 0 Å². The molecule has 1 fully saturated rings. The lowest BCUT2D eigenvalue weighted by Gasteiger charge is -2.35. The number of carbonyl (C=O) groups excluding carboxylic acids is 1. The van der Waals surface area contributed by atoms with Crippen LogP contribution in [0, 0.1) is 5.82 Å². The minimum Gasteiger partial charge on any atom is -0.454 e. The van der Waals surface area contributed by atoms with E-state index in [4.69, 9.17) is 14.2 Å². The number of hydrogen-bond acceptors (Lipinski definition) is 5. The molecule has 2 heterocycles. The third-order valence-corrected chi connectivity index (χ3v) is 4.81. The lowest BCUT2D eigenvalue weighted by molar-refractivity contribution is 0.0162. The second kappa shape index (κ2) is 7.94. The molecule has 2 aromatic carbocycles. The summed E-state index contributed by atoms with van der Waals surface area (Å²) in [5, 5.41) is 2.93. The van der Waals surface area contributed by atoms with E-state index in [9.17, 15) is 9.18 Å². The van der Waals surface area contributed by atoms with Gasteiger partial charge in [0.15, 0.2) is 11.5 Å². The molecular formula is C20H21FN2O4. The van der Waals surface area contributed by atoms with Crippen molar-refractivity contribution >= 4 is 5.91 Å². The van der Waals surface area contributed by atoms with Crippen LogP contribution in [0.4, 0.5) is 4.39 Å². The van der Waals surface area contributed by atoms with E-state index in [1.807, 2.05) is 18.2 Å². The zero-order valence-electron chi connectivity index (χ0n) is 14.8. The number of halogens is 1. The Balaban J connectivity index is 1.52. The average molecular weight is 372 g/mol. The van der Waals surface area contributed by atoms with E-state index < -0.39 is 5.82 Å². The fourth-order valence-electron chi connectivity index (χ4n) is 3.39. The average Bonchev–Trinajstić information content (AvgIpc) is 3.17. The molecule has 0 aromatic heterocycles. The first-order chi connectivity index (χ1) is 13.2. The number of amides is 1. The summed E-state index contributed by atoms with van der Waals surface area (Å²) >= 11 is 0. The standard InChI is InChI=1S/C20H21FN2O4/c21-16-3-1-2-15(10-16)20(24)22-12-17(23-6-8-25-9-7-23)14-4-5-18-19(11-14)27-13-26-18/h1-5,10-11,17H,6-9,12-13H2,(H,22,24)/t17-/m0/s1. The Morgan fingerprint density at radius 2 is 1.93 bits per heavy atom. The Labute approximate surface area is 156 Å². The maximum absolute atomic E-state index is 13.4. The predicted octanol–water partition coefficient (Wildman–Crippen LogP) is 2.36. The maximum atomic E-state index is 13.4. The number of fused-ring (bicyclic) bond motifs is 1. The van der Waals surface area contributed by atoms with Crippen LogP contribution in [0.5, 0.6) is 11.5 Å². The van der Waals surface area contributed by atoms with Crippen molar-refractivity contribution in [2.45, 2.75) is 6.04 Å². The highest BCUT2D eigenvalue weighted by atomic mass is 19.1. The van der Waals surface area contributed by atoms with Crippen LogP contribution in [-0.2, 0) is 4.74 Å². The molecular weight excluding hydrogens is 351 g/mol. The van der Waals surface area contributed by atoms with Crippen LogP contribution in [0.1, 0.15) is 22.0 Å². The third kappa shape index (κ3) is 4.04. The molecule has 1 atom stereocenters. The molecule has 1 N–H and O–H groups in total. The van der Waals surface area contributed by atoms with Gasteiger partial charge in [0.2, 0.25) is 6.79 Å². The second-order valence-corrected chi connectivity index (χ2v) is 6.50. The van der Waals surface area contributed by atoms with Crippen molar-refractivity contribution in [2.75, 3.05) is 39.6 Å². The van der Waals surface area contributed by atoms with Gasteiger partial charge in [0.1, 0.15) is 5.82 Å². The summed E-state index contributed by atoms with van der Waals surface area (Å²) in [5.41, 5.74) is 1.34. The van der Waals surface area contributed by atoms with Crippen molar-refractivity contribution in [3.8, 4) is 11.5 Å². The minimum absolute atomic E-state index is 0.0408. The molecule has 0 unspecified atom stereocenters. The van der Waals surface area contributed by atoms with Gasteiger partial charge in [-0.05, 0) is 35.9 Å². The molecule has 0 saturated carbocycles. The van der Waals surface area contributed by atoms with E-state index in [2.05, 4.69) is 10.2 Å². The summed E-state index contributed by atoms with van der Waals surface area (Å²) in [6, 6.07) is 11.5. The smallest absolute Gasteiger partial charge is 0.251 e. The van der Waals surface area contributed by atoms with E-state index in [1.54, 1.807) is 6.07 Å². The van der Waals surface area contributed by atoms with Crippen molar-refractivity contribution in [3.05, 3.63) is 59.4 Å². The van der Waals surface area contributed by atoms with Crippen LogP contribution in [0.2, 0.25) is 0 Å². The lowest BCUT2D eigenvalue weighted by Crippen LogP contribution is -2.43. The molecule has 4 rings (SSSR count). The Bertz CT molecular complexity index is 823. The van der Waals surface area contributed by atoms with Gasteiger partial charge in [-0.25, -0.2) is 4.39 Å². The van der Waals surface area contributed by atoms with Crippen LogP contribution in [0.3, 0.4) is 0 Å². The first-order valence-electron chi connectivity index (χ1n) is 8.96. The van der Waals surface area contributed by atoms with Gasteiger partial charge in [-0.1, -0.05) is 12.1 Å². The number of nitrogens with zero attached hydrogens (tertiary/aromatic N) is 1. The van der Waals surface area contributed by atoms with Crippen LogP contribution >= 0.6 is 0 Å². The summed E-state index contributed by atoms with van der Waals surface area (Å²) in [4.78, 5) is 14.7. The molecule has 6 nitrogen and oxygen atoms in total. The van der Waals surface area contributed by atoms with Crippen molar-refractivity contribution in [1.82, 2.24) is 10.2 Å². The second-order valence-electron chi connectivity index (χ2n) is 6.50. The minimum atomic E-state index is -0.428. The summed E-state index contributed by atoms with van der Waals surface area (Å²) in [7, 11) is 0. The number of hydrogen-bond donors (Lipinski definition) is 1. The highest BCUT2D eigenvalue weighted by Gasteiger charge is 2.25. The van der Waals surface area contributed by atoms with E-state index in [0.717, 1.165) is 24.4 Å². The fraction of sp³-hybridized carbons (Fsp3) is 0.350. The maximum Gasteiger partial charge on any atom is 0.251 e. The lowest BCUT2D eigenvalue weighted by atomic mass is 10.0. The van der Waals surface area contributed by atoms with Gasteiger partial charge in [0.25, 0.3) is 5.91 Å². The molecule has 1 saturated heterocycles. The van der Waals surface area contributed by atoms with E-state index in [1.165, 1.54) is 18.2 Å². The topological polar surface area (TPSA) is 60.0 Å². The number of rotatable bonds is 5. The first kappa shape index (κ1) is 17.8. The predicted molar refractivity (Wildman–Crippen MR) is 96.4 cm³/mol. The van der Waals surface area contributed by atoms with Gasteiger partial charge in [-0.3, -0.25) is 9.69 Å². The molecule has 0 radical (unpaired) electrons. The Morgan fingerprint density at radius 1 is 1.11 bits per heavy atom. The fourth-order valence-corrected chi connectivity index (χ4v) is 3.39. The quantitative estimate of drug-likeness (QED) is 0.873. The van der Waals surface area contributed by atoms with Gasteiger partial charge < -0.3 is 19.5 Å². The highest BCUT2D eigenvalue weighted by molar-refractivity contribution is 5.94. The van der Waals surface area contributed by atoms with Gasteiger partial charge in [-0.2, -0.15) is 0 Å². The number of ether oxygens (including phenoxy) is 3. The van der Waals surface area contributed by atoms with E-state index in [0.29, 0.717) is 31.1 Å². The van der Waals surface area contributed by atoms with Gasteiger partial charge >= 0.3 is 0 Å². The number of benzene rings is 2. The van der Waals surface area contributed by atoms with Crippen molar-refractivity contribution in [3.63, 3.8) is 0 Å². The molecule has 142 valence electrons. The molecule has 1 amide bonds. The summed E-state index contributed by atoms with van der Waals surface area (Å²) < 4.78 is 29.7. The molecule has 7 heteroatoms. The van der Waals surface area contributed by atoms with Gasteiger partial charge in [0.05, 0.1) is 19.3 Å². The molecule has 0 aliphatic carbocycles. The van der Waals surface area contributed by atoms with Crippen LogP contribution in [0.25, 0.3) is 0 Å². The molecule has 0 bridgehead atoms. The molecule has 2 aliphatic rings. The molecule has 2 aliphatic heterocycles. The van der Waals surface area contributed by atoms with Gasteiger partial charge in [-0.15, -0.1) is 0 Å². The van der Waals surface area contributed by atoms with Crippen LogP contribution < -0.4 is 14.8 Å². The Hall–Kier alpha value is -2.64. The summed E-state index contributed by atoms with van der Waals surface area (Å²) in [5.74, 6) is 0.710. The van der Waals surface area contributed by atoms with Crippen LogP contribution in [0.15, 0.2) is 42.5 Å².